The summed E-state index contributed by atoms with van der Waals surface area (Å²) in [5.74, 6) is -1.44. The summed E-state index contributed by atoms with van der Waals surface area (Å²) in [5, 5.41) is 2.61. The number of carbonyl (C=O) groups is 3. The van der Waals surface area contributed by atoms with Gasteiger partial charge in [-0.05, 0) is 36.4 Å². The zero-order valence-corrected chi connectivity index (χ0v) is 15.0. The standard InChI is InChI=1S/C18H16N2O5S/c1-3-26(24,25)12-9-7-11(8-10-12)16(21)19-14-6-4-5-13-15(14)18(23)20(2)17(13)22/h4-10H,3H2,1-2H3,(H,19,21). The molecule has 0 atom stereocenters. The lowest BCUT2D eigenvalue weighted by Gasteiger charge is -2.09. The summed E-state index contributed by atoms with van der Waals surface area (Å²) >= 11 is 0. The van der Waals surface area contributed by atoms with Crippen LogP contribution in [0.3, 0.4) is 0 Å². The molecular formula is C18H16N2O5S. The molecule has 0 aromatic heterocycles. The lowest BCUT2D eigenvalue weighted by molar-refractivity contribution is 0.0693. The number of rotatable bonds is 4. The van der Waals surface area contributed by atoms with Crippen LogP contribution in [0.5, 0.6) is 0 Å². The minimum atomic E-state index is -3.35. The molecule has 1 heterocycles. The Kier molecular flexibility index (Phi) is 4.37. The van der Waals surface area contributed by atoms with Crippen molar-refractivity contribution in [2.75, 3.05) is 18.1 Å². The molecule has 1 aliphatic heterocycles. The normalized spacial score (nSPS) is 13.7. The van der Waals surface area contributed by atoms with Crippen LogP contribution in [0.1, 0.15) is 38.0 Å². The first-order valence-electron chi connectivity index (χ1n) is 7.86. The molecule has 0 unspecified atom stereocenters. The number of hydrogen-bond acceptors (Lipinski definition) is 5. The van der Waals surface area contributed by atoms with Crippen molar-refractivity contribution >= 4 is 33.2 Å². The average Bonchev–Trinajstić information content (AvgIpc) is 2.87. The molecule has 3 rings (SSSR count). The highest BCUT2D eigenvalue weighted by atomic mass is 32.2. The van der Waals surface area contributed by atoms with E-state index < -0.39 is 27.6 Å². The third-order valence-corrected chi connectivity index (χ3v) is 5.97. The van der Waals surface area contributed by atoms with Gasteiger partial charge >= 0.3 is 0 Å². The predicted octanol–water partition coefficient (Wildman–Crippen LogP) is 1.96. The van der Waals surface area contributed by atoms with Crippen molar-refractivity contribution in [2.45, 2.75) is 11.8 Å². The van der Waals surface area contributed by atoms with Gasteiger partial charge in [0.05, 0.1) is 27.5 Å². The van der Waals surface area contributed by atoms with Crippen molar-refractivity contribution in [2.24, 2.45) is 0 Å². The Morgan fingerprint density at radius 1 is 1.04 bits per heavy atom. The number of nitrogens with zero attached hydrogens (tertiary/aromatic N) is 1. The van der Waals surface area contributed by atoms with Crippen molar-refractivity contribution in [3.63, 3.8) is 0 Å². The second-order valence-electron chi connectivity index (χ2n) is 5.78. The predicted molar refractivity (Wildman–Crippen MR) is 95.0 cm³/mol. The van der Waals surface area contributed by atoms with Gasteiger partial charge in [-0.15, -0.1) is 0 Å². The fraction of sp³-hybridized carbons (Fsp3) is 0.167. The number of amides is 3. The van der Waals surface area contributed by atoms with Gasteiger partial charge in [-0.3, -0.25) is 19.3 Å². The first-order chi connectivity index (χ1) is 12.3. The van der Waals surface area contributed by atoms with Crippen LogP contribution >= 0.6 is 0 Å². The van der Waals surface area contributed by atoms with Crippen LogP contribution in [0, 0.1) is 0 Å². The summed E-state index contributed by atoms with van der Waals surface area (Å²) in [5.41, 5.74) is 0.862. The van der Waals surface area contributed by atoms with Gasteiger partial charge < -0.3 is 5.32 Å². The van der Waals surface area contributed by atoms with Crippen molar-refractivity contribution in [1.82, 2.24) is 4.90 Å². The van der Waals surface area contributed by atoms with E-state index >= 15 is 0 Å². The van der Waals surface area contributed by atoms with Gasteiger partial charge in [0.15, 0.2) is 9.84 Å². The van der Waals surface area contributed by atoms with Crippen LogP contribution in [-0.4, -0.2) is 43.8 Å². The van der Waals surface area contributed by atoms with Crippen LogP contribution in [-0.2, 0) is 9.84 Å². The minimum Gasteiger partial charge on any atom is -0.321 e. The lowest BCUT2D eigenvalue weighted by atomic mass is 10.1. The van der Waals surface area contributed by atoms with Gasteiger partial charge in [0.1, 0.15) is 0 Å². The van der Waals surface area contributed by atoms with E-state index in [1.807, 2.05) is 0 Å². The molecule has 7 nitrogen and oxygen atoms in total. The maximum Gasteiger partial charge on any atom is 0.263 e. The molecule has 1 aliphatic rings. The Morgan fingerprint density at radius 2 is 1.69 bits per heavy atom. The summed E-state index contributed by atoms with van der Waals surface area (Å²) in [6.07, 6.45) is 0. The molecule has 0 saturated heterocycles. The van der Waals surface area contributed by atoms with Crippen LogP contribution in [0.4, 0.5) is 5.69 Å². The Balaban J connectivity index is 1.89. The average molecular weight is 372 g/mol. The second kappa shape index (κ2) is 6.38. The topological polar surface area (TPSA) is 101 Å². The molecule has 1 N–H and O–H groups in total. The zero-order chi connectivity index (χ0) is 19.1. The van der Waals surface area contributed by atoms with Gasteiger partial charge in [-0.25, -0.2) is 8.42 Å². The van der Waals surface area contributed by atoms with E-state index in [4.69, 9.17) is 0 Å². The number of benzene rings is 2. The summed E-state index contributed by atoms with van der Waals surface area (Å²) in [6.45, 7) is 1.54. The highest BCUT2D eigenvalue weighted by Gasteiger charge is 2.35. The highest BCUT2D eigenvalue weighted by molar-refractivity contribution is 7.91. The van der Waals surface area contributed by atoms with E-state index in [0.29, 0.717) is 0 Å². The number of carbonyl (C=O) groups excluding carboxylic acids is 3. The molecule has 3 amide bonds. The highest BCUT2D eigenvalue weighted by Crippen LogP contribution is 2.28. The smallest absolute Gasteiger partial charge is 0.263 e. The number of sulfone groups is 1. The van der Waals surface area contributed by atoms with Crippen LogP contribution in [0.25, 0.3) is 0 Å². The molecule has 0 radical (unpaired) electrons. The summed E-state index contributed by atoms with van der Waals surface area (Å²) in [6, 6.07) is 10.2. The third kappa shape index (κ3) is 2.88. The molecule has 26 heavy (non-hydrogen) atoms. The molecule has 2 aromatic carbocycles. The number of anilines is 1. The fourth-order valence-electron chi connectivity index (χ4n) is 2.68. The number of fused-ring (bicyclic) bond motifs is 1. The Labute approximate surface area is 150 Å². The number of imide groups is 1. The Bertz CT molecular complexity index is 1030. The van der Waals surface area contributed by atoms with Crippen molar-refractivity contribution < 1.29 is 22.8 Å². The molecule has 0 aliphatic carbocycles. The van der Waals surface area contributed by atoms with E-state index in [2.05, 4.69) is 5.32 Å². The number of hydrogen-bond donors (Lipinski definition) is 1. The van der Waals surface area contributed by atoms with Gasteiger partial charge in [0.2, 0.25) is 0 Å². The van der Waals surface area contributed by atoms with E-state index in [-0.39, 0.29) is 33.0 Å². The van der Waals surface area contributed by atoms with Gasteiger partial charge in [0.25, 0.3) is 17.7 Å². The largest absolute Gasteiger partial charge is 0.321 e. The van der Waals surface area contributed by atoms with E-state index in [1.165, 1.54) is 43.4 Å². The monoisotopic (exact) mass is 372 g/mol. The molecular weight excluding hydrogens is 356 g/mol. The summed E-state index contributed by atoms with van der Waals surface area (Å²) < 4.78 is 23.6. The van der Waals surface area contributed by atoms with E-state index in [1.54, 1.807) is 13.0 Å². The van der Waals surface area contributed by atoms with Gasteiger partial charge in [0, 0.05) is 12.6 Å². The zero-order valence-electron chi connectivity index (χ0n) is 14.1. The van der Waals surface area contributed by atoms with Crippen LogP contribution in [0.15, 0.2) is 47.4 Å². The molecule has 0 fully saturated rings. The number of nitrogens with one attached hydrogen (secondary N) is 1. The maximum absolute atomic E-state index is 12.4. The van der Waals surface area contributed by atoms with Crippen LogP contribution < -0.4 is 5.32 Å². The van der Waals surface area contributed by atoms with Gasteiger partial charge in [-0.1, -0.05) is 13.0 Å². The molecule has 2 aromatic rings. The Hall–Kier alpha value is -3.00. The molecule has 0 bridgehead atoms. The molecule has 0 saturated carbocycles. The first-order valence-corrected chi connectivity index (χ1v) is 9.51. The van der Waals surface area contributed by atoms with Crippen molar-refractivity contribution in [3.05, 3.63) is 59.2 Å². The summed E-state index contributed by atoms with van der Waals surface area (Å²) in [4.78, 5) is 37.8. The van der Waals surface area contributed by atoms with E-state index in [0.717, 1.165) is 4.90 Å². The molecule has 134 valence electrons. The van der Waals surface area contributed by atoms with Crippen molar-refractivity contribution in [3.8, 4) is 0 Å². The Morgan fingerprint density at radius 3 is 2.31 bits per heavy atom. The minimum absolute atomic E-state index is 0.0294. The third-order valence-electron chi connectivity index (χ3n) is 4.22. The lowest BCUT2D eigenvalue weighted by Crippen LogP contribution is -2.24. The SMILES string of the molecule is CCS(=O)(=O)c1ccc(C(=O)Nc2cccc3c2C(=O)N(C)C3=O)cc1. The van der Waals surface area contributed by atoms with Crippen molar-refractivity contribution in [1.29, 1.82) is 0 Å². The quantitative estimate of drug-likeness (QED) is 0.827. The second-order valence-corrected chi connectivity index (χ2v) is 8.06. The van der Waals surface area contributed by atoms with Crippen LogP contribution in [0.2, 0.25) is 0 Å². The maximum atomic E-state index is 12.4. The first kappa shape index (κ1) is 17.8. The molecule has 8 heteroatoms. The van der Waals surface area contributed by atoms with Gasteiger partial charge in [-0.2, -0.15) is 0 Å². The summed E-state index contributed by atoms with van der Waals surface area (Å²) in [7, 11) is -1.97. The van der Waals surface area contributed by atoms with E-state index in [9.17, 15) is 22.8 Å². The molecule has 0 spiro atoms. The fourth-order valence-corrected chi connectivity index (χ4v) is 3.56.